The second-order valence-corrected chi connectivity index (χ2v) is 21.3. The summed E-state index contributed by atoms with van der Waals surface area (Å²) < 4.78 is 13.0. The summed E-state index contributed by atoms with van der Waals surface area (Å²) in [5, 5.41) is 26.0. The number of para-hydroxylation sites is 1. The average Bonchev–Trinajstić information content (AvgIpc) is 3.71. The van der Waals surface area contributed by atoms with E-state index >= 15 is 0 Å². The second kappa shape index (κ2) is 27.3. The molecule has 0 aliphatic carbocycles. The summed E-state index contributed by atoms with van der Waals surface area (Å²) >= 11 is 0.930. The molecule has 8 N–H and O–H groups in total. The number of hydrogen-bond acceptors (Lipinski definition) is 10. The summed E-state index contributed by atoms with van der Waals surface area (Å²) in [7, 11) is 0. The lowest BCUT2D eigenvalue weighted by molar-refractivity contribution is -0.139. The first-order valence-electron chi connectivity index (χ1n) is 24.9. The highest BCUT2D eigenvalue weighted by Crippen LogP contribution is 2.45. The van der Waals surface area contributed by atoms with Crippen molar-refractivity contribution in [1.82, 2.24) is 20.9 Å². The van der Waals surface area contributed by atoms with Crippen molar-refractivity contribution < 1.29 is 48.5 Å². The van der Waals surface area contributed by atoms with Crippen LogP contribution in [0.2, 0.25) is 0 Å². The standard InChI is InChI=1S/C53H79N5O10S/c1-32(2)14-11-15-33(3)16-12-17-34(4)18-13-25-53(8)26-23-39-37(7)48(35(5)36(6)49(39)68-53)67-47(62)28-44(51(64)55-27-24-38-29-56-42-20-10-9-19-40(38)42)69-31-43(50(63)57-30-46(60)61)58-45(59)22-21-41(54)52(65)66/h9-10,19-20,29,32-34,41,43-44,56H,11-18,21-28,30-31,54H2,1-8H3,(H,55,64)(H,57,63)(H,58,59)(H,60,61)(H,65,66)/t33-,34-,41?,43?,44?,53-/m1/s1. The Bertz CT molecular complexity index is 2230. The van der Waals surface area contributed by atoms with Crippen molar-refractivity contribution in [3.8, 4) is 11.5 Å². The fourth-order valence-electron chi connectivity index (χ4n) is 9.08. The normalized spacial score (nSPS) is 16.7. The van der Waals surface area contributed by atoms with Gasteiger partial charge in [-0.1, -0.05) is 90.8 Å². The molecule has 4 rings (SSSR count). The second-order valence-electron chi connectivity index (χ2n) is 20.0. The first-order valence-corrected chi connectivity index (χ1v) is 26.0. The molecule has 16 heteroatoms. The van der Waals surface area contributed by atoms with Crippen LogP contribution in [-0.4, -0.2) is 92.6 Å². The van der Waals surface area contributed by atoms with E-state index in [1.807, 2.05) is 51.2 Å². The van der Waals surface area contributed by atoms with E-state index in [0.717, 1.165) is 100 Å². The van der Waals surface area contributed by atoms with Crippen LogP contribution in [0.3, 0.4) is 0 Å². The van der Waals surface area contributed by atoms with Crippen LogP contribution in [0.15, 0.2) is 30.5 Å². The lowest BCUT2D eigenvalue weighted by Gasteiger charge is -2.38. The minimum Gasteiger partial charge on any atom is -0.487 e. The molecule has 1 aromatic heterocycles. The number of benzene rings is 2. The van der Waals surface area contributed by atoms with Crippen LogP contribution in [0.25, 0.3) is 10.9 Å². The molecule has 3 amide bonds. The number of nitrogens with one attached hydrogen (secondary N) is 4. The van der Waals surface area contributed by atoms with Gasteiger partial charge in [-0.2, -0.15) is 0 Å². The molecule has 2 aromatic carbocycles. The number of carboxylic acid groups (broad SMARTS) is 2. The van der Waals surface area contributed by atoms with Gasteiger partial charge in [0.25, 0.3) is 0 Å². The number of aromatic nitrogens is 1. The minimum absolute atomic E-state index is 0.213. The first-order chi connectivity index (χ1) is 32.7. The van der Waals surface area contributed by atoms with Crippen molar-refractivity contribution in [1.29, 1.82) is 0 Å². The third-order valence-electron chi connectivity index (χ3n) is 13.6. The molecule has 0 bridgehead atoms. The van der Waals surface area contributed by atoms with Crippen LogP contribution in [-0.2, 0) is 41.6 Å². The molecule has 0 radical (unpaired) electrons. The maximum Gasteiger partial charge on any atom is 0.322 e. The molecule has 382 valence electrons. The van der Waals surface area contributed by atoms with Gasteiger partial charge >= 0.3 is 17.9 Å². The fourth-order valence-corrected chi connectivity index (χ4v) is 10.2. The molecule has 1 aliphatic heterocycles. The van der Waals surface area contributed by atoms with Gasteiger partial charge in [-0.05, 0) is 112 Å². The van der Waals surface area contributed by atoms with Gasteiger partial charge in [0.05, 0.1) is 11.7 Å². The number of carboxylic acids is 2. The number of aliphatic carboxylic acids is 2. The summed E-state index contributed by atoms with van der Waals surface area (Å²) in [6.45, 7) is 16.8. The molecule has 15 nitrogen and oxygen atoms in total. The molecular weight excluding hydrogens is 899 g/mol. The van der Waals surface area contributed by atoms with E-state index in [2.05, 4.69) is 55.6 Å². The number of thioether (sulfide) groups is 1. The van der Waals surface area contributed by atoms with E-state index in [1.165, 1.54) is 38.5 Å². The molecule has 0 spiro atoms. The zero-order valence-corrected chi connectivity index (χ0v) is 43.0. The number of rotatable bonds is 30. The number of hydrogen-bond donors (Lipinski definition) is 7. The van der Waals surface area contributed by atoms with Gasteiger partial charge in [-0.15, -0.1) is 11.8 Å². The Hall–Kier alpha value is -5.09. The van der Waals surface area contributed by atoms with Gasteiger partial charge in [0, 0.05) is 41.4 Å². The van der Waals surface area contributed by atoms with E-state index in [4.69, 9.17) is 20.3 Å². The highest BCUT2D eigenvalue weighted by molar-refractivity contribution is 8.00. The Labute approximate surface area is 413 Å². The molecule has 0 saturated heterocycles. The minimum atomic E-state index is -1.34. The summed E-state index contributed by atoms with van der Waals surface area (Å²) in [6, 6.07) is 5.13. The molecule has 2 heterocycles. The Morgan fingerprint density at radius 3 is 2.20 bits per heavy atom. The van der Waals surface area contributed by atoms with E-state index < -0.39 is 65.9 Å². The Kier molecular flexibility index (Phi) is 22.4. The highest BCUT2D eigenvalue weighted by atomic mass is 32.2. The first kappa shape index (κ1) is 56.5. The lowest BCUT2D eigenvalue weighted by Crippen LogP contribution is -2.50. The Balaban J connectivity index is 1.44. The van der Waals surface area contributed by atoms with Gasteiger partial charge < -0.3 is 46.4 Å². The largest absolute Gasteiger partial charge is 0.487 e. The van der Waals surface area contributed by atoms with E-state index in [-0.39, 0.29) is 30.7 Å². The van der Waals surface area contributed by atoms with Gasteiger partial charge in [-0.25, -0.2) is 0 Å². The molecule has 1 aliphatic rings. The van der Waals surface area contributed by atoms with Crippen molar-refractivity contribution in [3.63, 3.8) is 0 Å². The number of aromatic amines is 1. The maximum absolute atomic E-state index is 14.0. The predicted molar refractivity (Wildman–Crippen MR) is 272 cm³/mol. The highest BCUT2D eigenvalue weighted by Gasteiger charge is 2.36. The van der Waals surface area contributed by atoms with Crippen molar-refractivity contribution in [2.24, 2.45) is 23.5 Å². The van der Waals surface area contributed by atoms with E-state index in [9.17, 15) is 33.9 Å². The quantitative estimate of drug-likeness (QED) is 0.0247. The number of ether oxygens (including phenoxy) is 2. The SMILES string of the molecule is Cc1c(C)c2c(c(C)c1OC(=O)CC(SCC(NC(=O)CCC(N)C(=O)O)C(=O)NCC(=O)O)C(=O)NCCc1c[nH]c3ccccc13)CC[C@@](C)(CCC[C@H](C)CCC[C@H](C)CCCC(C)C)O2. The van der Waals surface area contributed by atoms with Crippen LogP contribution in [0, 0.1) is 38.5 Å². The topological polar surface area (TPSA) is 239 Å². The fraction of sp³-hybridized carbons (Fsp3) is 0.623. The smallest absolute Gasteiger partial charge is 0.322 e. The van der Waals surface area contributed by atoms with E-state index in [1.54, 1.807) is 0 Å². The number of esters is 1. The molecule has 0 saturated carbocycles. The number of fused-ring (bicyclic) bond motifs is 2. The number of amides is 3. The van der Waals surface area contributed by atoms with Crippen LogP contribution < -0.4 is 31.2 Å². The predicted octanol–water partition coefficient (Wildman–Crippen LogP) is 8.25. The summed E-state index contributed by atoms with van der Waals surface area (Å²) in [6.07, 6.45) is 14.0. The van der Waals surface area contributed by atoms with Gasteiger partial charge in [0.1, 0.15) is 35.7 Å². The van der Waals surface area contributed by atoms with Gasteiger partial charge in [0.2, 0.25) is 17.7 Å². The van der Waals surface area contributed by atoms with Crippen LogP contribution in [0.4, 0.5) is 0 Å². The lowest BCUT2D eigenvalue weighted by atomic mass is 9.83. The molecule has 3 aromatic rings. The third-order valence-corrected chi connectivity index (χ3v) is 14.9. The molecule has 6 atom stereocenters. The summed E-state index contributed by atoms with van der Waals surface area (Å²) in [5.41, 5.74) is 10.6. The Morgan fingerprint density at radius 1 is 0.870 bits per heavy atom. The molecule has 3 unspecified atom stereocenters. The summed E-state index contributed by atoms with van der Waals surface area (Å²) in [5.74, 6) is -2.10. The van der Waals surface area contributed by atoms with Crippen molar-refractivity contribution in [3.05, 3.63) is 58.3 Å². The van der Waals surface area contributed by atoms with Gasteiger partial charge in [-0.3, -0.25) is 28.8 Å². The monoisotopic (exact) mass is 978 g/mol. The van der Waals surface area contributed by atoms with Crippen molar-refractivity contribution in [2.75, 3.05) is 18.8 Å². The van der Waals surface area contributed by atoms with Crippen molar-refractivity contribution >= 4 is 58.3 Å². The average molecular weight is 978 g/mol. The number of carbonyl (C=O) groups excluding carboxylic acids is 4. The van der Waals surface area contributed by atoms with Gasteiger partial charge in [0.15, 0.2) is 0 Å². The maximum atomic E-state index is 14.0. The third kappa shape index (κ3) is 18.0. The number of nitrogens with two attached hydrogens (primary N) is 1. The van der Waals surface area contributed by atoms with Crippen LogP contribution in [0.5, 0.6) is 11.5 Å². The van der Waals surface area contributed by atoms with Crippen molar-refractivity contribution in [2.45, 2.75) is 175 Å². The number of carbonyl (C=O) groups is 6. The molecule has 69 heavy (non-hydrogen) atoms. The zero-order valence-electron chi connectivity index (χ0n) is 42.2. The van der Waals surface area contributed by atoms with Crippen LogP contribution >= 0.6 is 11.8 Å². The number of H-pyrrole nitrogens is 1. The van der Waals surface area contributed by atoms with E-state index in [0.29, 0.717) is 18.1 Å². The zero-order chi connectivity index (χ0) is 50.8. The molecular formula is C53H79N5O10S. The Morgan fingerprint density at radius 2 is 1.54 bits per heavy atom. The molecule has 0 fully saturated rings. The summed E-state index contributed by atoms with van der Waals surface area (Å²) in [4.78, 5) is 79.7. The van der Waals surface area contributed by atoms with Crippen LogP contribution in [0.1, 0.15) is 146 Å².